The number of nitrogens with one attached hydrogen (secondary N) is 3. The lowest BCUT2D eigenvalue weighted by molar-refractivity contribution is 0.0962. The Morgan fingerprint density at radius 1 is 1.00 bits per heavy atom. The Labute approximate surface area is 157 Å². The normalized spacial score (nSPS) is 10.2. The Morgan fingerprint density at radius 2 is 1.65 bits per heavy atom. The molecule has 132 valence electrons. The van der Waals surface area contributed by atoms with Gasteiger partial charge in [0.1, 0.15) is 17.8 Å². The van der Waals surface area contributed by atoms with Gasteiger partial charge in [0, 0.05) is 15.7 Å². The first-order valence-corrected chi connectivity index (χ1v) is 8.27. The highest BCUT2D eigenvalue weighted by Gasteiger charge is 2.10. The van der Waals surface area contributed by atoms with Crippen molar-refractivity contribution in [2.75, 3.05) is 16.5 Å². The van der Waals surface area contributed by atoms with Gasteiger partial charge in [-0.05, 0) is 48.5 Å². The third kappa shape index (κ3) is 4.25. The van der Waals surface area contributed by atoms with E-state index in [2.05, 4.69) is 42.1 Å². The van der Waals surface area contributed by atoms with E-state index in [0.29, 0.717) is 17.1 Å². The number of hydrogen-bond donors (Lipinski definition) is 4. The molecule has 0 unspecified atom stereocenters. The number of amides is 1. The van der Waals surface area contributed by atoms with Gasteiger partial charge >= 0.3 is 0 Å². The molecule has 1 amide bonds. The van der Waals surface area contributed by atoms with E-state index in [1.54, 1.807) is 36.4 Å². The number of carbonyl (C=O) groups is 1. The first-order chi connectivity index (χ1) is 12.5. The largest absolute Gasteiger partial charge is 0.393 e. The van der Waals surface area contributed by atoms with Crippen LogP contribution in [0.4, 0.5) is 27.4 Å². The number of nitrogens with two attached hydrogens (primary N) is 1. The van der Waals surface area contributed by atoms with E-state index < -0.39 is 0 Å². The molecule has 1 aromatic heterocycles. The van der Waals surface area contributed by atoms with Crippen LogP contribution in [-0.4, -0.2) is 15.9 Å². The van der Waals surface area contributed by atoms with Gasteiger partial charge in [0.2, 0.25) is 0 Å². The molecule has 3 rings (SSSR count). The molecule has 0 spiro atoms. The summed E-state index contributed by atoms with van der Waals surface area (Å²) in [6.45, 7) is 0. The van der Waals surface area contributed by atoms with Crippen LogP contribution in [0.25, 0.3) is 0 Å². The molecule has 2 aromatic carbocycles. The first kappa shape index (κ1) is 17.6. The lowest BCUT2D eigenvalue weighted by Crippen LogP contribution is -2.30. The number of nitrogens with zero attached hydrogens (tertiary/aromatic N) is 2. The Morgan fingerprint density at radius 3 is 2.35 bits per heavy atom. The molecular weight excluding hydrogens is 403 g/mol. The molecule has 0 aliphatic rings. The minimum Gasteiger partial charge on any atom is -0.393 e. The van der Waals surface area contributed by atoms with Crippen molar-refractivity contribution in [2.24, 2.45) is 0 Å². The topological polar surface area (TPSA) is 105 Å². The molecule has 5 N–H and O–H groups in total. The van der Waals surface area contributed by atoms with Gasteiger partial charge in [0.15, 0.2) is 11.6 Å². The Balaban J connectivity index is 1.69. The minimum absolute atomic E-state index is 0.202. The average Bonchev–Trinajstić information content (AvgIpc) is 2.64. The molecule has 0 saturated heterocycles. The average molecular weight is 417 g/mol. The summed E-state index contributed by atoms with van der Waals surface area (Å²) in [4.78, 5) is 20.2. The predicted octanol–water partition coefficient (Wildman–Crippen LogP) is 3.46. The molecule has 0 saturated carbocycles. The Kier molecular flexibility index (Phi) is 5.28. The summed E-state index contributed by atoms with van der Waals surface area (Å²) in [7, 11) is 0. The molecule has 0 atom stereocenters. The molecule has 0 bridgehead atoms. The maximum absolute atomic E-state index is 13.0. The number of benzene rings is 2. The number of anilines is 4. The highest BCUT2D eigenvalue weighted by Crippen LogP contribution is 2.25. The van der Waals surface area contributed by atoms with Crippen LogP contribution in [0.5, 0.6) is 0 Å². The van der Waals surface area contributed by atoms with Crippen molar-refractivity contribution < 1.29 is 9.18 Å². The number of hydrogen-bond acceptors (Lipinski definition) is 6. The summed E-state index contributed by atoms with van der Waals surface area (Å²) in [6.07, 6.45) is 1.29. The van der Waals surface area contributed by atoms with E-state index in [4.69, 9.17) is 5.73 Å². The van der Waals surface area contributed by atoms with Crippen LogP contribution < -0.4 is 21.9 Å². The summed E-state index contributed by atoms with van der Waals surface area (Å²) >= 11 is 3.31. The summed E-state index contributed by atoms with van der Waals surface area (Å²) in [5.41, 5.74) is 12.5. The standard InChI is InChI=1S/C17H14BrFN6O/c18-11-3-1-10(2-4-11)17(26)25-24-16-14(20)15(21-9-22-16)23-13-7-5-12(19)6-8-13/h1-9H,20H2,(H,25,26)(H2,21,22,23,24). The van der Waals surface area contributed by atoms with Gasteiger partial charge in [0.25, 0.3) is 5.91 Å². The van der Waals surface area contributed by atoms with Crippen LogP contribution >= 0.6 is 15.9 Å². The molecule has 0 aliphatic heterocycles. The maximum atomic E-state index is 13.0. The van der Waals surface area contributed by atoms with Crippen molar-refractivity contribution in [1.82, 2.24) is 15.4 Å². The zero-order valence-electron chi connectivity index (χ0n) is 13.3. The molecule has 0 radical (unpaired) electrons. The minimum atomic E-state index is -0.344. The van der Waals surface area contributed by atoms with Gasteiger partial charge in [0.05, 0.1) is 0 Å². The highest BCUT2D eigenvalue weighted by molar-refractivity contribution is 9.10. The van der Waals surface area contributed by atoms with Crippen LogP contribution in [-0.2, 0) is 0 Å². The zero-order valence-corrected chi connectivity index (χ0v) is 14.9. The summed E-state index contributed by atoms with van der Waals surface area (Å²) in [5.74, 6) is -0.130. The van der Waals surface area contributed by atoms with Crippen LogP contribution in [0.2, 0.25) is 0 Å². The number of nitrogen functional groups attached to an aromatic ring is 1. The molecule has 3 aromatic rings. The number of aromatic nitrogens is 2. The van der Waals surface area contributed by atoms with E-state index in [9.17, 15) is 9.18 Å². The molecule has 1 heterocycles. The smallest absolute Gasteiger partial charge is 0.269 e. The molecule has 0 aliphatic carbocycles. The van der Waals surface area contributed by atoms with Crippen molar-refractivity contribution in [1.29, 1.82) is 0 Å². The summed E-state index contributed by atoms with van der Waals surface area (Å²) in [5, 5.41) is 2.96. The van der Waals surface area contributed by atoms with Gasteiger partial charge < -0.3 is 11.1 Å². The quantitative estimate of drug-likeness (QED) is 0.474. The monoisotopic (exact) mass is 416 g/mol. The van der Waals surface area contributed by atoms with Crippen LogP contribution in [0.1, 0.15) is 10.4 Å². The van der Waals surface area contributed by atoms with E-state index in [0.717, 1.165) is 4.47 Å². The zero-order chi connectivity index (χ0) is 18.5. The number of carbonyl (C=O) groups excluding carboxylic acids is 1. The highest BCUT2D eigenvalue weighted by atomic mass is 79.9. The predicted molar refractivity (Wildman–Crippen MR) is 101 cm³/mol. The van der Waals surface area contributed by atoms with E-state index in [1.807, 2.05) is 0 Å². The molecular formula is C17H14BrFN6O. The summed E-state index contributed by atoms with van der Waals surface area (Å²) in [6, 6.07) is 12.6. The first-order valence-electron chi connectivity index (χ1n) is 7.48. The third-order valence-corrected chi connectivity index (χ3v) is 3.92. The van der Waals surface area contributed by atoms with Crippen molar-refractivity contribution in [3.05, 3.63) is 70.7 Å². The van der Waals surface area contributed by atoms with Crippen molar-refractivity contribution in [2.45, 2.75) is 0 Å². The van der Waals surface area contributed by atoms with E-state index in [-0.39, 0.29) is 23.2 Å². The Hall–Kier alpha value is -3.20. The number of rotatable bonds is 5. The number of hydrazine groups is 1. The molecule has 9 heteroatoms. The fourth-order valence-corrected chi connectivity index (χ4v) is 2.32. The third-order valence-electron chi connectivity index (χ3n) is 3.39. The second-order valence-corrected chi connectivity index (χ2v) is 6.12. The molecule has 7 nitrogen and oxygen atoms in total. The van der Waals surface area contributed by atoms with Crippen LogP contribution in [0.15, 0.2) is 59.3 Å². The fourth-order valence-electron chi connectivity index (χ4n) is 2.05. The number of halogens is 2. The second-order valence-electron chi connectivity index (χ2n) is 5.20. The van der Waals surface area contributed by atoms with Crippen molar-refractivity contribution in [3.8, 4) is 0 Å². The van der Waals surface area contributed by atoms with Gasteiger partial charge in [-0.1, -0.05) is 15.9 Å². The van der Waals surface area contributed by atoms with Gasteiger partial charge in [-0.3, -0.25) is 15.6 Å². The van der Waals surface area contributed by atoms with E-state index in [1.165, 1.54) is 18.5 Å². The van der Waals surface area contributed by atoms with Gasteiger partial charge in [-0.2, -0.15) is 0 Å². The van der Waals surface area contributed by atoms with Crippen LogP contribution in [0, 0.1) is 5.82 Å². The fraction of sp³-hybridized carbons (Fsp3) is 0. The SMILES string of the molecule is Nc1c(NNC(=O)c2ccc(Br)cc2)ncnc1Nc1ccc(F)cc1. The lowest BCUT2D eigenvalue weighted by Gasteiger charge is -2.13. The van der Waals surface area contributed by atoms with Crippen molar-refractivity contribution in [3.63, 3.8) is 0 Å². The lowest BCUT2D eigenvalue weighted by atomic mass is 10.2. The Bertz CT molecular complexity index is 918. The molecule has 26 heavy (non-hydrogen) atoms. The molecule has 0 fully saturated rings. The maximum Gasteiger partial charge on any atom is 0.269 e. The van der Waals surface area contributed by atoms with E-state index >= 15 is 0 Å². The summed E-state index contributed by atoms with van der Waals surface area (Å²) < 4.78 is 13.8. The van der Waals surface area contributed by atoms with Gasteiger partial charge in [-0.15, -0.1) is 0 Å². The van der Waals surface area contributed by atoms with Crippen molar-refractivity contribution >= 4 is 44.8 Å². The van der Waals surface area contributed by atoms with Crippen LogP contribution in [0.3, 0.4) is 0 Å². The van der Waals surface area contributed by atoms with Gasteiger partial charge in [-0.25, -0.2) is 14.4 Å². The second kappa shape index (κ2) is 7.79.